The van der Waals surface area contributed by atoms with Gasteiger partial charge in [0.2, 0.25) is 0 Å². The first-order chi connectivity index (χ1) is 10.4. The smallest absolute Gasteiger partial charge is 0.230 e. The maximum absolute atomic E-state index is 2.39. The molecule has 0 atom stereocenters. The van der Waals surface area contributed by atoms with E-state index in [2.05, 4.69) is 76.8 Å². The maximum Gasteiger partial charge on any atom is 0.294 e. The monoisotopic (exact) mass is 275 g/mol. The van der Waals surface area contributed by atoms with Crippen LogP contribution in [0.2, 0.25) is 0 Å². The second-order valence-electron chi connectivity index (χ2n) is 5.60. The lowest BCUT2D eigenvalue weighted by atomic mass is 10.1. The molecule has 0 amide bonds. The molecule has 0 N–H and O–H groups in total. The third-order valence-electron chi connectivity index (χ3n) is 4.27. The van der Waals surface area contributed by atoms with Crippen LogP contribution in [-0.2, 0) is 6.54 Å². The topological polar surface area (TPSA) is 8.29 Å². The number of fused-ring (bicyclic) bond motifs is 6. The first kappa shape index (κ1) is 12.4. The van der Waals surface area contributed by atoms with Crippen molar-refractivity contribution in [2.75, 3.05) is 0 Å². The van der Waals surface area contributed by atoms with Gasteiger partial charge in [-0.1, -0.05) is 49.7 Å². The Kier molecular flexibility index (Phi) is 2.88. The van der Waals surface area contributed by atoms with Crippen molar-refractivity contribution < 1.29 is 4.57 Å². The summed E-state index contributed by atoms with van der Waals surface area (Å²) < 4.78 is 4.71. The van der Waals surface area contributed by atoms with Crippen LogP contribution in [0.4, 0.5) is 0 Å². The highest BCUT2D eigenvalue weighted by molar-refractivity contribution is 6.10. The van der Waals surface area contributed by atoms with E-state index in [4.69, 9.17) is 0 Å². The second kappa shape index (κ2) is 4.88. The summed E-state index contributed by atoms with van der Waals surface area (Å²) in [5, 5.41) is 3.99. The van der Waals surface area contributed by atoms with Crippen molar-refractivity contribution in [1.29, 1.82) is 0 Å². The zero-order valence-corrected chi connectivity index (χ0v) is 12.3. The molecular weight excluding hydrogens is 256 g/mol. The Morgan fingerprint density at radius 2 is 1.62 bits per heavy atom. The lowest BCUT2D eigenvalue weighted by Gasteiger charge is -2.05. The zero-order valence-electron chi connectivity index (χ0n) is 12.3. The molecule has 104 valence electrons. The molecule has 2 aromatic carbocycles. The molecule has 0 aliphatic heterocycles. The van der Waals surface area contributed by atoms with Gasteiger partial charge in [-0.25, -0.2) is 4.57 Å². The second-order valence-corrected chi connectivity index (χ2v) is 5.60. The fraction of sp³-hybridized carbons (Fsp3) is 0.211. The molecule has 4 aromatic rings. The van der Waals surface area contributed by atoms with Gasteiger partial charge in [0.15, 0.2) is 0 Å². The van der Waals surface area contributed by atoms with Gasteiger partial charge in [-0.3, -0.25) is 0 Å². The van der Waals surface area contributed by atoms with Crippen molar-refractivity contribution in [2.24, 2.45) is 0 Å². The summed E-state index contributed by atoms with van der Waals surface area (Å²) in [6, 6.07) is 17.4. The van der Waals surface area contributed by atoms with Crippen LogP contribution >= 0.6 is 0 Å². The summed E-state index contributed by atoms with van der Waals surface area (Å²) in [4.78, 5) is 0. The summed E-state index contributed by atoms with van der Waals surface area (Å²) in [6.07, 6.45) is 6.84. The van der Waals surface area contributed by atoms with E-state index in [0.717, 1.165) is 6.54 Å². The van der Waals surface area contributed by atoms with E-state index in [-0.39, 0.29) is 0 Å². The Bertz CT molecular complexity index is 934. The summed E-state index contributed by atoms with van der Waals surface area (Å²) in [7, 11) is 0. The van der Waals surface area contributed by atoms with Gasteiger partial charge in [0.05, 0.1) is 11.9 Å². The van der Waals surface area contributed by atoms with E-state index < -0.39 is 0 Å². The summed E-state index contributed by atoms with van der Waals surface area (Å²) in [5.74, 6) is 0. The maximum atomic E-state index is 2.39. The van der Waals surface area contributed by atoms with Crippen LogP contribution in [-0.4, -0.2) is 4.40 Å². The first-order valence-corrected chi connectivity index (χ1v) is 7.70. The molecule has 0 bridgehead atoms. The third-order valence-corrected chi connectivity index (χ3v) is 4.27. The number of pyridine rings is 1. The van der Waals surface area contributed by atoms with Crippen LogP contribution in [0.15, 0.2) is 60.9 Å². The summed E-state index contributed by atoms with van der Waals surface area (Å²) in [6.45, 7) is 3.32. The molecule has 0 aliphatic carbocycles. The minimum absolute atomic E-state index is 1.08. The first-order valence-electron chi connectivity index (χ1n) is 7.70. The van der Waals surface area contributed by atoms with Gasteiger partial charge < -0.3 is 0 Å². The Balaban J connectivity index is 2.19. The standard InChI is InChI=1S/C19H19N2/c1-2-3-12-20-13-14-21-18-11-7-6-9-16(18)15-8-4-5-10-17(15)19(20)21/h4-11,13-14H,2-3,12H2,1H3/q+1. The van der Waals surface area contributed by atoms with Crippen molar-refractivity contribution in [3.8, 4) is 0 Å². The van der Waals surface area contributed by atoms with Crippen LogP contribution in [0.1, 0.15) is 19.8 Å². The minimum Gasteiger partial charge on any atom is -0.230 e. The van der Waals surface area contributed by atoms with Crippen molar-refractivity contribution >= 4 is 27.3 Å². The van der Waals surface area contributed by atoms with E-state index in [9.17, 15) is 0 Å². The number of benzene rings is 2. The lowest BCUT2D eigenvalue weighted by Crippen LogP contribution is -2.32. The molecule has 4 rings (SSSR count). The third kappa shape index (κ3) is 1.83. The van der Waals surface area contributed by atoms with Gasteiger partial charge in [0.1, 0.15) is 17.9 Å². The molecule has 0 radical (unpaired) electrons. The number of rotatable bonds is 3. The number of hydrogen-bond donors (Lipinski definition) is 0. The molecule has 2 heteroatoms. The van der Waals surface area contributed by atoms with E-state index in [0.29, 0.717) is 0 Å². The molecule has 0 saturated carbocycles. The number of nitrogens with zero attached hydrogens (tertiary/aromatic N) is 2. The molecule has 2 nitrogen and oxygen atoms in total. The van der Waals surface area contributed by atoms with Crippen LogP contribution in [0, 0.1) is 0 Å². The van der Waals surface area contributed by atoms with E-state index in [1.807, 2.05) is 0 Å². The number of aryl methyl sites for hydroxylation is 1. The fourth-order valence-electron chi connectivity index (χ4n) is 3.24. The molecule has 2 aromatic heterocycles. The van der Waals surface area contributed by atoms with Crippen molar-refractivity contribution in [3.05, 3.63) is 60.9 Å². The van der Waals surface area contributed by atoms with Crippen molar-refractivity contribution in [1.82, 2.24) is 4.40 Å². The molecule has 0 unspecified atom stereocenters. The Hall–Kier alpha value is -2.35. The van der Waals surface area contributed by atoms with Crippen molar-refractivity contribution in [3.63, 3.8) is 0 Å². The van der Waals surface area contributed by atoms with E-state index >= 15 is 0 Å². The SMILES string of the molecule is CCCC[n+]1ccn2c3ccccc3c3ccccc3c21. The average Bonchev–Trinajstić information content (AvgIpc) is 2.97. The molecule has 0 aliphatic rings. The number of aromatic nitrogens is 2. The number of imidazole rings is 1. The Labute approximate surface area is 124 Å². The molecule has 21 heavy (non-hydrogen) atoms. The fourth-order valence-corrected chi connectivity index (χ4v) is 3.24. The predicted molar refractivity (Wildman–Crippen MR) is 87.5 cm³/mol. The largest absolute Gasteiger partial charge is 0.294 e. The van der Waals surface area contributed by atoms with Crippen LogP contribution < -0.4 is 4.57 Å². The zero-order chi connectivity index (χ0) is 14.2. The Morgan fingerprint density at radius 1 is 0.905 bits per heavy atom. The van der Waals surface area contributed by atoms with Gasteiger partial charge in [0.25, 0.3) is 5.65 Å². The lowest BCUT2D eigenvalue weighted by molar-refractivity contribution is -0.670. The normalized spacial score (nSPS) is 11.7. The summed E-state index contributed by atoms with van der Waals surface area (Å²) >= 11 is 0. The summed E-state index contributed by atoms with van der Waals surface area (Å²) in [5.41, 5.74) is 2.58. The van der Waals surface area contributed by atoms with E-state index in [1.165, 1.54) is 40.2 Å². The molecule has 0 fully saturated rings. The van der Waals surface area contributed by atoms with Gasteiger partial charge in [-0.05, 0) is 18.6 Å². The highest BCUT2D eigenvalue weighted by atomic mass is 15.1. The van der Waals surface area contributed by atoms with Gasteiger partial charge in [-0.2, -0.15) is 4.40 Å². The number of hydrogen-bond acceptors (Lipinski definition) is 0. The molecule has 0 spiro atoms. The molecule has 2 heterocycles. The van der Waals surface area contributed by atoms with Crippen molar-refractivity contribution in [2.45, 2.75) is 26.3 Å². The van der Waals surface area contributed by atoms with Gasteiger partial charge in [0, 0.05) is 10.8 Å². The Morgan fingerprint density at radius 3 is 2.43 bits per heavy atom. The van der Waals surface area contributed by atoms with E-state index in [1.54, 1.807) is 0 Å². The minimum atomic E-state index is 1.08. The van der Waals surface area contributed by atoms with Crippen LogP contribution in [0.5, 0.6) is 0 Å². The van der Waals surface area contributed by atoms with Gasteiger partial charge >= 0.3 is 0 Å². The highest BCUT2D eigenvalue weighted by Gasteiger charge is 2.17. The molecular formula is C19H19N2+. The number of para-hydroxylation sites is 1. The van der Waals surface area contributed by atoms with Crippen LogP contribution in [0.3, 0.4) is 0 Å². The van der Waals surface area contributed by atoms with Gasteiger partial charge in [-0.15, -0.1) is 0 Å². The predicted octanol–water partition coefficient (Wildman–Crippen LogP) is 4.33. The average molecular weight is 275 g/mol. The number of unbranched alkanes of at least 4 members (excludes halogenated alkanes) is 1. The quantitative estimate of drug-likeness (QED) is 0.388. The molecule has 0 saturated heterocycles. The highest BCUT2D eigenvalue weighted by Crippen LogP contribution is 2.27. The van der Waals surface area contributed by atoms with Crippen LogP contribution in [0.25, 0.3) is 27.3 Å².